The molecule has 4 nitrogen and oxygen atoms in total. The van der Waals surface area contributed by atoms with Crippen LogP contribution in [0.4, 0.5) is 0 Å². The number of rotatable bonds is 4. The highest BCUT2D eigenvalue weighted by Gasteiger charge is 2.05. The number of benzene rings is 1. The molecule has 0 atom stereocenters. The number of aryl methyl sites for hydroxylation is 1. The van der Waals surface area contributed by atoms with E-state index in [0.717, 1.165) is 10.0 Å². The van der Waals surface area contributed by atoms with Gasteiger partial charge in [-0.25, -0.2) is 13.6 Å². The molecule has 1 aromatic rings. The first-order valence-electron chi connectivity index (χ1n) is 4.28. The molecule has 84 valence electrons. The van der Waals surface area contributed by atoms with Gasteiger partial charge >= 0.3 is 0 Å². The second-order valence-corrected chi connectivity index (χ2v) is 5.74. The predicted molar refractivity (Wildman–Crippen MR) is 62.3 cm³/mol. The molecule has 0 amide bonds. The van der Waals surface area contributed by atoms with Crippen molar-refractivity contribution in [1.82, 2.24) is 0 Å². The molecule has 0 saturated carbocycles. The van der Waals surface area contributed by atoms with E-state index in [4.69, 9.17) is 9.88 Å². The monoisotopic (exact) mass is 293 g/mol. The first-order valence-corrected chi connectivity index (χ1v) is 6.79. The number of halogens is 1. The molecular weight excluding hydrogens is 282 g/mol. The molecule has 0 heterocycles. The summed E-state index contributed by atoms with van der Waals surface area (Å²) >= 11 is 3.32. The normalized spacial score (nSPS) is 11.4. The second-order valence-electron chi connectivity index (χ2n) is 3.15. The summed E-state index contributed by atoms with van der Waals surface area (Å²) in [5, 5.41) is 4.84. The third kappa shape index (κ3) is 4.63. The van der Waals surface area contributed by atoms with Gasteiger partial charge in [0, 0.05) is 0 Å². The summed E-state index contributed by atoms with van der Waals surface area (Å²) in [7, 11) is -3.46. The fourth-order valence-electron chi connectivity index (χ4n) is 0.991. The molecular formula is C9H12BrNO3S. The van der Waals surface area contributed by atoms with Crippen molar-refractivity contribution in [3.63, 3.8) is 0 Å². The molecule has 0 saturated heterocycles. The standard InChI is InChI=1S/C9H12BrNO3S/c1-7-2-3-9(8(10)6-7)14-4-5-15(11,12)13/h2-3,6H,4-5H2,1H3,(H2,11,12,13). The van der Waals surface area contributed by atoms with E-state index >= 15 is 0 Å². The van der Waals surface area contributed by atoms with Crippen molar-refractivity contribution in [2.24, 2.45) is 5.14 Å². The van der Waals surface area contributed by atoms with E-state index < -0.39 is 10.0 Å². The van der Waals surface area contributed by atoms with Crippen LogP contribution in [0.1, 0.15) is 5.56 Å². The first kappa shape index (κ1) is 12.5. The Morgan fingerprint density at radius 3 is 2.67 bits per heavy atom. The molecule has 15 heavy (non-hydrogen) atoms. The van der Waals surface area contributed by atoms with Gasteiger partial charge in [-0.1, -0.05) is 6.07 Å². The maximum Gasteiger partial charge on any atom is 0.212 e. The molecule has 0 bridgehead atoms. The van der Waals surface area contributed by atoms with Crippen molar-refractivity contribution < 1.29 is 13.2 Å². The van der Waals surface area contributed by atoms with Crippen LogP contribution in [0.5, 0.6) is 5.75 Å². The Labute approximate surface area is 97.6 Å². The van der Waals surface area contributed by atoms with Crippen LogP contribution in [0.2, 0.25) is 0 Å². The summed E-state index contributed by atoms with van der Waals surface area (Å²) in [5.41, 5.74) is 1.10. The lowest BCUT2D eigenvalue weighted by molar-refractivity contribution is 0.338. The van der Waals surface area contributed by atoms with Crippen LogP contribution < -0.4 is 9.88 Å². The molecule has 0 spiro atoms. The zero-order chi connectivity index (χ0) is 11.5. The van der Waals surface area contributed by atoms with Gasteiger partial charge in [0.05, 0.1) is 10.2 Å². The highest BCUT2D eigenvalue weighted by Crippen LogP contribution is 2.25. The smallest absolute Gasteiger partial charge is 0.212 e. The van der Waals surface area contributed by atoms with E-state index in [9.17, 15) is 8.42 Å². The average molecular weight is 294 g/mol. The van der Waals surface area contributed by atoms with E-state index in [1.165, 1.54) is 0 Å². The lowest BCUT2D eigenvalue weighted by Gasteiger charge is -2.07. The summed E-state index contributed by atoms with van der Waals surface area (Å²) < 4.78 is 27.4. The van der Waals surface area contributed by atoms with Crippen LogP contribution in [0, 0.1) is 6.92 Å². The summed E-state index contributed by atoms with van der Waals surface area (Å²) in [6.07, 6.45) is 0. The summed E-state index contributed by atoms with van der Waals surface area (Å²) in [5.74, 6) is 0.428. The fourth-order valence-corrected chi connectivity index (χ4v) is 1.91. The highest BCUT2D eigenvalue weighted by molar-refractivity contribution is 9.10. The highest BCUT2D eigenvalue weighted by atomic mass is 79.9. The lowest BCUT2D eigenvalue weighted by Crippen LogP contribution is -2.21. The molecule has 0 radical (unpaired) electrons. The summed E-state index contributed by atoms with van der Waals surface area (Å²) in [6, 6.07) is 5.56. The number of primary sulfonamides is 1. The van der Waals surface area contributed by atoms with Gasteiger partial charge in [-0.05, 0) is 40.5 Å². The van der Waals surface area contributed by atoms with Crippen LogP contribution in [0.3, 0.4) is 0 Å². The van der Waals surface area contributed by atoms with Gasteiger partial charge in [0.25, 0.3) is 0 Å². The van der Waals surface area contributed by atoms with E-state index in [1.54, 1.807) is 6.07 Å². The molecule has 0 aromatic heterocycles. The van der Waals surface area contributed by atoms with Gasteiger partial charge in [-0.2, -0.15) is 0 Å². The van der Waals surface area contributed by atoms with E-state index in [0.29, 0.717) is 5.75 Å². The van der Waals surface area contributed by atoms with Crippen LogP contribution in [0.25, 0.3) is 0 Å². The Hall–Kier alpha value is -0.590. The Morgan fingerprint density at radius 2 is 2.13 bits per heavy atom. The van der Waals surface area contributed by atoms with E-state index in [2.05, 4.69) is 15.9 Å². The zero-order valence-electron chi connectivity index (χ0n) is 8.23. The fraction of sp³-hybridized carbons (Fsp3) is 0.333. The van der Waals surface area contributed by atoms with E-state index in [-0.39, 0.29) is 12.4 Å². The van der Waals surface area contributed by atoms with Crippen molar-refractivity contribution >= 4 is 26.0 Å². The quantitative estimate of drug-likeness (QED) is 0.913. The minimum absolute atomic E-state index is 0.0560. The van der Waals surface area contributed by atoms with Gasteiger partial charge in [-0.3, -0.25) is 0 Å². The average Bonchev–Trinajstić information content (AvgIpc) is 2.07. The van der Waals surface area contributed by atoms with Crippen molar-refractivity contribution in [1.29, 1.82) is 0 Å². The molecule has 0 unspecified atom stereocenters. The molecule has 0 fully saturated rings. The molecule has 0 aliphatic heterocycles. The summed E-state index contributed by atoms with van der Waals surface area (Å²) in [4.78, 5) is 0. The minimum atomic E-state index is -3.46. The van der Waals surface area contributed by atoms with Crippen LogP contribution >= 0.6 is 15.9 Å². The Kier molecular flexibility index (Phi) is 4.12. The lowest BCUT2D eigenvalue weighted by atomic mass is 10.2. The van der Waals surface area contributed by atoms with Crippen LogP contribution in [-0.4, -0.2) is 20.8 Å². The maximum absolute atomic E-state index is 10.6. The van der Waals surface area contributed by atoms with Crippen LogP contribution in [0.15, 0.2) is 22.7 Å². The minimum Gasteiger partial charge on any atom is -0.491 e. The third-order valence-corrected chi connectivity index (χ3v) is 3.07. The van der Waals surface area contributed by atoms with Crippen LogP contribution in [-0.2, 0) is 10.0 Å². The predicted octanol–water partition coefficient (Wildman–Crippen LogP) is 1.42. The number of nitrogens with two attached hydrogens (primary N) is 1. The molecule has 0 aliphatic carbocycles. The SMILES string of the molecule is Cc1ccc(OCCS(N)(=O)=O)c(Br)c1. The molecule has 0 aliphatic rings. The molecule has 2 N–H and O–H groups in total. The number of ether oxygens (including phenoxy) is 1. The first-order chi connectivity index (χ1) is 6.88. The largest absolute Gasteiger partial charge is 0.491 e. The van der Waals surface area contributed by atoms with E-state index in [1.807, 2.05) is 19.1 Å². The van der Waals surface area contributed by atoms with Crippen molar-refractivity contribution in [3.8, 4) is 5.75 Å². The zero-order valence-corrected chi connectivity index (χ0v) is 10.6. The van der Waals surface area contributed by atoms with Gasteiger partial charge in [0.2, 0.25) is 10.0 Å². The van der Waals surface area contributed by atoms with Gasteiger partial charge < -0.3 is 4.74 Å². The number of sulfonamides is 1. The van der Waals surface area contributed by atoms with Crippen molar-refractivity contribution in [2.45, 2.75) is 6.92 Å². The Bertz CT molecular complexity index is 445. The summed E-state index contributed by atoms with van der Waals surface area (Å²) in [6.45, 7) is 2.01. The second kappa shape index (κ2) is 4.96. The van der Waals surface area contributed by atoms with Gasteiger partial charge in [0.1, 0.15) is 12.4 Å². The van der Waals surface area contributed by atoms with Crippen molar-refractivity contribution in [2.75, 3.05) is 12.4 Å². The van der Waals surface area contributed by atoms with Crippen molar-refractivity contribution in [3.05, 3.63) is 28.2 Å². The number of hydrogen-bond acceptors (Lipinski definition) is 3. The van der Waals surface area contributed by atoms with Gasteiger partial charge in [-0.15, -0.1) is 0 Å². The maximum atomic E-state index is 10.6. The Balaban J connectivity index is 2.59. The van der Waals surface area contributed by atoms with Gasteiger partial charge in [0.15, 0.2) is 0 Å². The topological polar surface area (TPSA) is 69.4 Å². The molecule has 1 aromatic carbocycles. The number of hydrogen-bond donors (Lipinski definition) is 1. The molecule has 6 heteroatoms. The third-order valence-electron chi connectivity index (χ3n) is 1.71. The molecule has 1 rings (SSSR count). The Morgan fingerprint density at radius 1 is 1.47 bits per heavy atom.